The monoisotopic (exact) mass is 313 g/mol. The lowest BCUT2D eigenvalue weighted by Gasteiger charge is -1.99. The number of anilines is 2. The van der Waals surface area contributed by atoms with Crippen molar-refractivity contribution in [2.24, 2.45) is 0 Å². The van der Waals surface area contributed by atoms with Crippen LogP contribution in [0.4, 0.5) is 20.4 Å². The molecule has 22 heavy (non-hydrogen) atoms. The summed E-state index contributed by atoms with van der Waals surface area (Å²) in [6, 6.07) is 1.29. The summed E-state index contributed by atoms with van der Waals surface area (Å²) in [6.07, 6.45) is 9.10. The fourth-order valence-electron chi connectivity index (χ4n) is 1.92. The summed E-state index contributed by atoms with van der Waals surface area (Å²) in [5.41, 5.74) is 0. The second-order valence-electron chi connectivity index (χ2n) is 4.65. The number of rotatable bonds is 4. The third-order valence-electron chi connectivity index (χ3n) is 2.91. The minimum atomic E-state index is -2.90. The molecule has 2 aromatic rings. The summed E-state index contributed by atoms with van der Waals surface area (Å²) in [5, 5.41) is 17.5. The highest BCUT2D eigenvalue weighted by molar-refractivity contribution is 5.51. The quantitative estimate of drug-likeness (QED) is 0.802. The molecule has 3 rings (SSSR count). The summed E-state index contributed by atoms with van der Waals surface area (Å²) in [6.45, 7) is -2.90. The number of H-pyrrole nitrogens is 1. The molecular weight excluding hydrogens is 296 g/mol. The van der Waals surface area contributed by atoms with E-state index in [2.05, 4.69) is 30.2 Å². The molecule has 0 amide bonds. The molecule has 2 heterocycles. The Labute approximate surface area is 125 Å². The maximum absolute atomic E-state index is 11.8. The number of hydrogen-bond donors (Lipinski definition) is 3. The van der Waals surface area contributed by atoms with E-state index >= 15 is 0 Å². The maximum atomic E-state index is 11.8. The molecule has 0 aromatic carbocycles. The Morgan fingerprint density at radius 3 is 2.64 bits per heavy atom. The van der Waals surface area contributed by atoms with Crippen molar-refractivity contribution in [3.05, 3.63) is 24.7 Å². The molecule has 0 radical (unpaired) electrons. The summed E-state index contributed by atoms with van der Waals surface area (Å²) in [4.78, 5) is 7.76. The Bertz CT molecular complexity index is 546. The molecule has 7 nitrogen and oxygen atoms in total. The average molecular weight is 313 g/mol. The third kappa shape index (κ3) is 5.60. The van der Waals surface area contributed by atoms with Crippen LogP contribution in [0.2, 0.25) is 0 Å². The van der Waals surface area contributed by atoms with E-state index in [4.69, 9.17) is 5.11 Å². The minimum Gasteiger partial charge on any atom is -0.415 e. The number of nitrogens with one attached hydrogen (secondary N) is 2. The van der Waals surface area contributed by atoms with Gasteiger partial charge in [0.05, 0.1) is 12.3 Å². The fraction of sp³-hybridized carbons (Fsp3) is 0.462. The first kappa shape index (κ1) is 16.1. The zero-order chi connectivity index (χ0) is 15.8. The van der Waals surface area contributed by atoms with E-state index in [9.17, 15) is 8.78 Å². The first-order chi connectivity index (χ1) is 10.6. The summed E-state index contributed by atoms with van der Waals surface area (Å²) in [5.74, 6) is 0.660. The molecule has 9 heteroatoms. The van der Waals surface area contributed by atoms with Crippen LogP contribution < -0.4 is 10.1 Å². The van der Waals surface area contributed by atoms with E-state index in [1.165, 1.54) is 37.5 Å². The van der Waals surface area contributed by atoms with E-state index < -0.39 is 6.61 Å². The molecule has 120 valence electrons. The number of hydrogen-bond acceptors (Lipinski definition) is 6. The Hall–Kier alpha value is -2.29. The average Bonchev–Trinajstić information content (AvgIpc) is 3.12. The molecule has 3 N–H and O–H groups in total. The van der Waals surface area contributed by atoms with Crippen LogP contribution >= 0.6 is 0 Å². The molecule has 1 saturated carbocycles. The van der Waals surface area contributed by atoms with E-state index in [0.29, 0.717) is 11.6 Å². The van der Waals surface area contributed by atoms with E-state index in [0.717, 1.165) is 12.8 Å². The summed E-state index contributed by atoms with van der Waals surface area (Å²) in [7, 11) is 0. The smallest absolute Gasteiger partial charge is 0.388 e. The SMILES string of the molecule is FC(F)Oc1cc(Nc2cnccn2)[nH]n1.OC1CCCC1. The van der Waals surface area contributed by atoms with Gasteiger partial charge in [-0.3, -0.25) is 10.1 Å². The Kier molecular flexibility index (Phi) is 6.01. The fourth-order valence-corrected chi connectivity index (χ4v) is 1.92. The van der Waals surface area contributed by atoms with Crippen molar-refractivity contribution >= 4 is 11.6 Å². The molecule has 1 fully saturated rings. The van der Waals surface area contributed by atoms with E-state index in [1.807, 2.05) is 0 Å². The molecular formula is C13H17F2N5O2. The van der Waals surface area contributed by atoms with E-state index in [1.54, 1.807) is 0 Å². The van der Waals surface area contributed by atoms with Crippen molar-refractivity contribution in [3.8, 4) is 5.88 Å². The van der Waals surface area contributed by atoms with Crippen molar-refractivity contribution in [2.45, 2.75) is 38.4 Å². The number of aliphatic hydroxyl groups is 1. The number of nitrogens with zero attached hydrogens (tertiary/aromatic N) is 3. The van der Waals surface area contributed by atoms with Crippen molar-refractivity contribution in [1.82, 2.24) is 20.2 Å². The van der Waals surface area contributed by atoms with Gasteiger partial charge in [-0.2, -0.15) is 8.78 Å². The predicted octanol–water partition coefficient (Wildman–Crippen LogP) is 2.47. The van der Waals surface area contributed by atoms with Gasteiger partial charge in [0.1, 0.15) is 11.6 Å². The van der Waals surface area contributed by atoms with Gasteiger partial charge in [-0.25, -0.2) is 4.98 Å². The zero-order valence-corrected chi connectivity index (χ0v) is 11.7. The van der Waals surface area contributed by atoms with Crippen LogP contribution in [0.25, 0.3) is 0 Å². The molecule has 0 atom stereocenters. The molecule has 0 unspecified atom stereocenters. The highest BCUT2D eigenvalue weighted by atomic mass is 19.3. The lowest BCUT2D eigenvalue weighted by molar-refractivity contribution is -0.0528. The molecule has 0 saturated heterocycles. The van der Waals surface area contributed by atoms with Crippen molar-refractivity contribution in [2.75, 3.05) is 5.32 Å². The van der Waals surface area contributed by atoms with Gasteiger partial charge in [-0.1, -0.05) is 12.8 Å². The molecule has 2 aromatic heterocycles. The number of ether oxygens (including phenoxy) is 1. The summed E-state index contributed by atoms with van der Waals surface area (Å²) < 4.78 is 27.8. The number of halogens is 2. The molecule has 1 aliphatic rings. The molecule has 0 spiro atoms. The standard InChI is InChI=1S/C8H7F2N5O.C5H10O/c9-8(10)16-7-3-5(14-15-7)13-6-4-11-1-2-12-6;6-5-3-1-2-4-5/h1-4,8H,(H2,12,13,14,15);5-6H,1-4H2. The van der Waals surface area contributed by atoms with Gasteiger partial charge in [-0.15, -0.1) is 5.10 Å². The first-order valence-electron chi connectivity index (χ1n) is 6.85. The highest BCUT2D eigenvalue weighted by Gasteiger charge is 2.09. The summed E-state index contributed by atoms with van der Waals surface area (Å²) >= 11 is 0. The second-order valence-corrected chi connectivity index (χ2v) is 4.65. The number of alkyl halides is 2. The topological polar surface area (TPSA) is 96.0 Å². The van der Waals surface area contributed by atoms with Crippen molar-refractivity contribution in [1.29, 1.82) is 0 Å². The predicted molar refractivity (Wildman–Crippen MR) is 75.0 cm³/mol. The van der Waals surface area contributed by atoms with Crippen LogP contribution in [0.15, 0.2) is 24.7 Å². The first-order valence-corrected chi connectivity index (χ1v) is 6.85. The Balaban J connectivity index is 0.000000246. The highest BCUT2D eigenvalue weighted by Crippen LogP contribution is 2.17. The van der Waals surface area contributed by atoms with Gasteiger partial charge in [0.2, 0.25) is 5.88 Å². The molecule has 0 aliphatic heterocycles. The van der Waals surface area contributed by atoms with Gasteiger partial charge in [-0.05, 0) is 12.8 Å². The normalized spacial score (nSPS) is 14.5. The van der Waals surface area contributed by atoms with E-state index in [-0.39, 0.29) is 12.0 Å². The lowest BCUT2D eigenvalue weighted by atomic mass is 10.3. The third-order valence-corrected chi connectivity index (χ3v) is 2.91. The zero-order valence-electron chi connectivity index (χ0n) is 11.7. The van der Waals surface area contributed by atoms with Crippen LogP contribution in [0.3, 0.4) is 0 Å². The minimum absolute atomic E-state index is 0.0463. The Morgan fingerprint density at radius 1 is 1.32 bits per heavy atom. The molecule has 0 bridgehead atoms. The van der Waals surface area contributed by atoms with Crippen LogP contribution in [0, 0.1) is 0 Å². The molecule has 1 aliphatic carbocycles. The van der Waals surface area contributed by atoms with Crippen LogP contribution in [-0.2, 0) is 0 Å². The number of aromatic amines is 1. The van der Waals surface area contributed by atoms with Crippen molar-refractivity contribution in [3.63, 3.8) is 0 Å². The second kappa shape index (κ2) is 8.23. The van der Waals surface area contributed by atoms with Crippen LogP contribution in [0.1, 0.15) is 25.7 Å². The maximum Gasteiger partial charge on any atom is 0.388 e. The van der Waals surface area contributed by atoms with Gasteiger partial charge in [0, 0.05) is 18.5 Å². The van der Waals surface area contributed by atoms with Crippen LogP contribution in [0.5, 0.6) is 5.88 Å². The van der Waals surface area contributed by atoms with Gasteiger partial charge in [0.15, 0.2) is 0 Å². The van der Waals surface area contributed by atoms with Gasteiger partial charge >= 0.3 is 6.61 Å². The Morgan fingerprint density at radius 2 is 2.09 bits per heavy atom. The number of aromatic nitrogens is 4. The van der Waals surface area contributed by atoms with Gasteiger partial charge in [0.25, 0.3) is 0 Å². The van der Waals surface area contributed by atoms with Crippen LogP contribution in [-0.4, -0.2) is 38.0 Å². The largest absolute Gasteiger partial charge is 0.415 e. The van der Waals surface area contributed by atoms with Crippen molar-refractivity contribution < 1.29 is 18.6 Å². The number of aliphatic hydroxyl groups excluding tert-OH is 1. The van der Waals surface area contributed by atoms with Gasteiger partial charge < -0.3 is 15.2 Å². The lowest BCUT2D eigenvalue weighted by Crippen LogP contribution is -2.01.